The summed E-state index contributed by atoms with van der Waals surface area (Å²) < 4.78 is 5.74. The van der Waals surface area contributed by atoms with Crippen LogP contribution in [0, 0.1) is 4.32 Å². The Labute approximate surface area is 120 Å². The number of fused-ring (bicyclic) bond motifs is 1. The second kappa shape index (κ2) is 5.20. The van der Waals surface area contributed by atoms with Gasteiger partial charge in [0, 0.05) is 0 Å². The Morgan fingerprint density at radius 1 is 0.895 bits per heavy atom. The molecule has 1 heterocycles. The summed E-state index contributed by atoms with van der Waals surface area (Å²) in [7, 11) is 2.10. The number of hydrogen-bond donors (Lipinski definition) is 0. The van der Waals surface area contributed by atoms with Gasteiger partial charge in [-0.15, -0.1) is 0 Å². The van der Waals surface area contributed by atoms with Crippen molar-refractivity contribution in [3.63, 3.8) is 0 Å². The molecule has 0 fully saturated rings. The number of rotatable bonds is 3. The summed E-state index contributed by atoms with van der Waals surface area (Å²) in [5.41, 5.74) is 3.93. The molecule has 0 N–H and O–H groups in total. The van der Waals surface area contributed by atoms with Crippen LogP contribution in [0.15, 0.2) is 54.6 Å². The maximum atomic E-state index is 3.19. The van der Waals surface area contributed by atoms with Gasteiger partial charge in [-0.2, -0.15) is 0 Å². The van der Waals surface area contributed by atoms with Crippen molar-refractivity contribution in [2.24, 2.45) is 7.05 Å². The van der Waals surface area contributed by atoms with Crippen molar-refractivity contribution in [3.05, 3.63) is 64.5 Å². The van der Waals surface area contributed by atoms with E-state index in [4.69, 9.17) is 0 Å². The summed E-state index contributed by atoms with van der Waals surface area (Å²) in [4.78, 5) is 0. The fraction of sp³-hybridized carbons (Fsp3) is 0.188. The first-order valence-corrected chi connectivity index (χ1v) is 7.31. The first-order valence-electron chi connectivity index (χ1n) is 6.45. The second-order valence-electron chi connectivity index (χ2n) is 4.72. The van der Waals surface area contributed by atoms with Crippen LogP contribution in [0.1, 0.15) is 5.56 Å². The van der Waals surface area contributed by atoms with E-state index in [9.17, 15) is 0 Å². The zero-order valence-corrected chi connectivity index (χ0v) is 12.6. The first-order chi connectivity index (χ1) is 9.27. The molecule has 0 aliphatic rings. The van der Waals surface area contributed by atoms with Crippen molar-refractivity contribution < 1.29 is 0 Å². The molecule has 2 aromatic carbocycles. The van der Waals surface area contributed by atoms with Gasteiger partial charge in [-0.3, -0.25) is 0 Å². The van der Waals surface area contributed by atoms with Gasteiger partial charge in [-0.25, -0.2) is 0 Å². The van der Waals surface area contributed by atoms with Gasteiger partial charge in [0.2, 0.25) is 0 Å². The molecule has 0 aliphatic carbocycles. The molecule has 0 saturated heterocycles. The minimum absolute atomic E-state index is 0.994. The quantitative estimate of drug-likeness (QED) is 0.658. The standard InChI is InChI=1S/C16H16N2Se/c1-17-14-9-5-6-10-15(14)18(16(17)19)12-11-13-7-3-2-4-8-13/h2-10H,11-12H2,1H3. The normalized spacial score (nSPS) is 11.0. The summed E-state index contributed by atoms with van der Waals surface area (Å²) in [6.07, 6.45) is 1.05. The van der Waals surface area contributed by atoms with Crippen LogP contribution in [0.5, 0.6) is 0 Å². The molecular weight excluding hydrogens is 299 g/mol. The summed E-state index contributed by atoms with van der Waals surface area (Å²) in [6, 6.07) is 19.2. The van der Waals surface area contributed by atoms with Gasteiger partial charge >= 0.3 is 120 Å². The minimum atomic E-state index is 0.994. The van der Waals surface area contributed by atoms with Crippen LogP contribution in [-0.2, 0) is 20.0 Å². The summed E-state index contributed by atoms with van der Waals surface area (Å²) >= 11 is 3.19. The van der Waals surface area contributed by atoms with Crippen molar-refractivity contribution in [1.82, 2.24) is 9.13 Å². The number of hydrogen-bond acceptors (Lipinski definition) is 0. The van der Waals surface area contributed by atoms with E-state index in [1.807, 2.05) is 0 Å². The predicted molar refractivity (Wildman–Crippen MR) is 80.1 cm³/mol. The van der Waals surface area contributed by atoms with Gasteiger partial charge in [-0.1, -0.05) is 0 Å². The Bertz CT molecular complexity index is 753. The SMILES string of the molecule is Cn1c(=[Se])n(CCc2ccccc2)c2ccccc21. The molecule has 19 heavy (non-hydrogen) atoms. The Balaban J connectivity index is 1.97. The van der Waals surface area contributed by atoms with Crippen LogP contribution in [-0.4, -0.2) is 24.7 Å². The van der Waals surface area contributed by atoms with Crippen LogP contribution in [0.4, 0.5) is 0 Å². The van der Waals surface area contributed by atoms with E-state index < -0.39 is 0 Å². The molecular formula is C16H16N2Se. The number of aromatic nitrogens is 2. The van der Waals surface area contributed by atoms with Crippen molar-refractivity contribution in [3.8, 4) is 0 Å². The number of imidazole rings is 1. The van der Waals surface area contributed by atoms with Crippen molar-refractivity contribution in [2.45, 2.75) is 13.0 Å². The monoisotopic (exact) mass is 316 g/mol. The van der Waals surface area contributed by atoms with E-state index in [0.717, 1.165) is 13.0 Å². The molecule has 3 heteroatoms. The van der Waals surface area contributed by atoms with E-state index in [1.165, 1.54) is 20.9 Å². The number of benzene rings is 2. The zero-order chi connectivity index (χ0) is 13.2. The molecule has 0 aliphatic heterocycles. The van der Waals surface area contributed by atoms with Gasteiger partial charge in [0.25, 0.3) is 0 Å². The van der Waals surface area contributed by atoms with E-state index in [2.05, 4.69) is 86.4 Å². The summed E-state index contributed by atoms with van der Waals surface area (Å²) in [5.74, 6) is 0. The molecule has 2 nitrogen and oxygen atoms in total. The molecule has 0 atom stereocenters. The molecule has 3 rings (SSSR count). The van der Waals surface area contributed by atoms with Crippen molar-refractivity contribution in [1.29, 1.82) is 0 Å². The third-order valence-corrected chi connectivity index (χ3v) is 4.56. The number of para-hydroxylation sites is 2. The second-order valence-corrected chi connectivity index (χ2v) is 5.48. The molecule has 96 valence electrons. The predicted octanol–water partition coefficient (Wildman–Crippen LogP) is 2.92. The first kappa shape index (κ1) is 12.5. The third-order valence-electron chi connectivity index (χ3n) is 3.52. The van der Waals surface area contributed by atoms with E-state index in [-0.39, 0.29) is 0 Å². The van der Waals surface area contributed by atoms with Gasteiger partial charge in [0.15, 0.2) is 0 Å². The fourth-order valence-corrected chi connectivity index (χ4v) is 3.07. The van der Waals surface area contributed by atoms with Crippen LogP contribution in [0.25, 0.3) is 11.0 Å². The summed E-state index contributed by atoms with van der Waals surface area (Å²) in [6.45, 7) is 0.994. The van der Waals surface area contributed by atoms with Crippen LogP contribution < -0.4 is 0 Å². The molecule has 0 amide bonds. The van der Waals surface area contributed by atoms with Crippen LogP contribution >= 0.6 is 0 Å². The van der Waals surface area contributed by atoms with Crippen molar-refractivity contribution in [2.75, 3.05) is 0 Å². The number of aryl methyl sites for hydroxylation is 3. The van der Waals surface area contributed by atoms with Crippen molar-refractivity contribution >= 4 is 26.6 Å². The Hall–Kier alpha value is -1.57. The molecule has 0 bridgehead atoms. The average Bonchev–Trinajstić information content (AvgIpc) is 2.71. The van der Waals surface area contributed by atoms with Gasteiger partial charge in [0.1, 0.15) is 0 Å². The van der Waals surface area contributed by atoms with E-state index in [1.54, 1.807) is 0 Å². The topological polar surface area (TPSA) is 9.86 Å². The van der Waals surface area contributed by atoms with E-state index in [0.29, 0.717) is 0 Å². The van der Waals surface area contributed by atoms with Gasteiger partial charge in [0.05, 0.1) is 0 Å². The molecule has 0 unspecified atom stereocenters. The fourth-order valence-electron chi connectivity index (χ4n) is 2.46. The van der Waals surface area contributed by atoms with Gasteiger partial charge in [-0.05, 0) is 0 Å². The Morgan fingerprint density at radius 2 is 1.53 bits per heavy atom. The average molecular weight is 315 g/mol. The summed E-state index contributed by atoms with van der Waals surface area (Å²) in [5, 5.41) is 0. The third kappa shape index (κ3) is 2.32. The van der Waals surface area contributed by atoms with Crippen LogP contribution in [0.2, 0.25) is 0 Å². The molecule has 0 radical (unpaired) electrons. The molecule has 0 spiro atoms. The molecule has 1 aromatic heterocycles. The van der Waals surface area contributed by atoms with Crippen LogP contribution in [0.3, 0.4) is 0 Å². The Kier molecular flexibility index (Phi) is 3.41. The van der Waals surface area contributed by atoms with E-state index >= 15 is 0 Å². The molecule has 0 saturated carbocycles. The molecule has 3 aromatic rings. The zero-order valence-electron chi connectivity index (χ0n) is 10.9. The maximum absolute atomic E-state index is 3.19. The number of nitrogens with zero attached hydrogens (tertiary/aromatic N) is 2. The van der Waals surface area contributed by atoms with Gasteiger partial charge < -0.3 is 0 Å². The Morgan fingerprint density at radius 3 is 2.26 bits per heavy atom.